The molecule has 0 aromatic heterocycles. The van der Waals surface area contributed by atoms with Crippen LogP contribution >= 0.6 is 11.8 Å². The maximum Gasteiger partial charge on any atom is 0.186 e. The van der Waals surface area contributed by atoms with Crippen LogP contribution in [-0.2, 0) is 4.79 Å². The molecule has 0 bridgehead atoms. The fourth-order valence-electron chi connectivity index (χ4n) is 0.998. The van der Waals surface area contributed by atoms with Crippen LogP contribution in [0.1, 0.15) is 18.1 Å². The SMILES string of the molecule is CC(=O)SCC#Cc1ccc(F)c(C)c1. The number of carbonyl (C=O) groups is 1. The molecule has 0 fully saturated rings. The summed E-state index contributed by atoms with van der Waals surface area (Å²) >= 11 is 1.17. The largest absolute Gasteiger partial charge is 0.288 e. The highest BCUT2D eigenvalue weighted by Crippen LogP contribution is 2.08. The van der Waals surface area contributed by atoms with Gasteiger partial charge in [0.2, 0.25) is 0 Å². The lowest BCUT2D eigenvalue weighted by molar-refractivity contribution is -0.109. The third-order valence-electron chi connectivity index (χ3n) is 1.74. The zero-order chi connectivity index (χ0) is 11.3. The van der Waals surface area contributed by atoms with Crippen molar-refractivity contribution in [1.29, 1.82) is 0 Å². The summed E-state index contributed by atoms with van der Waals surface area (Å²) in [5.41, 5.74) is 1.36. The van der Waals surface area contributed by atoms with Gasteiger partial charge < -0.3 is 0 Å². The van der Waals surface area contributed by atoms with Crippen LogP contribution in [0.4, 0.5) is 4.39 Å². The molecule has 0 aliphatic rings. The molecule has 0 aliphatic heterocycles. The maximum absolute atomic E-state index is 12.9. The smallest absolute Gasteiger partial charge is 0.186 e. The quantitative estimate of drug-likeness (QED) is 0.680. The van der Waals surface area contributed by atoms with E-state index in [0.717, 1.165) is 5.56 Å². The van der Waals surface area contributed by atoms with E-state index in [1.807, 2.05) is 0 Å². The van der Waals surface area contributed by atoms with Crippen molar-refractivity contribution < 1.29 is 9.18 Å². The second-order valence-electron chi connectivity index (χ2n) is 3.05. The summed E-state index contributed by atoms with van der Waals surface area (Å²) in [4.78, 5) is 10.6. The van der Waals surface area contributed by atoms with E-state index in [9.17, 15) is 9.18 Å². The Morgan fingerprint density at radius 1 is 1.53 bits per heavy atom. The van der Waals surface area contributed by atoms with Crippen LogP contribution in [0.5, 0.6) is 0 Å². The van der Waals surface area contributed by atoms with Gasteiger partial charge in [0.15, 0.2) is 5.12 Å². The van der Waals surface area contributed by atoms with Gasteiger partial charge in [-0.05, 0) is 30.7 Å². The van der Waals surface area contributed by atoms with Crippen LogP contribution in [0, 0.1) is 24.6 Å². The molecule has 3 heteroatoms. The Hall–Kier alpha value is -1.27. The first-order chi connectivity index (χ1) is 7.09. The fraction of sp³-hybridized carbons (Fsp3) is 0.250. The number of rotatable bonds is 1. The summed E-state index contributed by atoms with van der Waals surface area (Å²) in [6, 6.07) is 4.73. The van der Waals surface area contributed by atoms with Crippen molar-refractivity contribution in [2.45, 2.75) is 13.8 Å². The van der Waals surface area contributed by atoms with Crippen LogP contribution in [0.15, 0.2) is 18.2 Å². The minimum atomic E-state index is -0.223. The third-order valence-corrected chi connectivity index (χ3v) is 2.43. The predicted octanol–water partition coefficient (Wildman–Crippen LogP) is 2.77. The highest BCUT2D eigenvalue weighted by Gasteiger charge is 1.96. The molecule has 0 unspecified atom stereocenters. The second kappa shape index (κ2) is 5.57. The first-order valence-electron chi connectivity index (χ1n) is 4.48. The van der Waals surface area contributed by atoms with Crippen LogP contribution < -0.4 is 0 Å². The van der Waals surface area contributed by atoms with Gasteiger partial charge >= 0.3 is 0 Å². The molecular formula is C12H11FOS. The Balaban J connectivity index is 2.64. The molecule has 1 aromatic carbocycles. The summed E-state index contributed by atoms with van der Waals surface area (Å²) in [5.74, 6) is 5.98. The Morgan fingerprint density at radius 2 is 2.27 bits per heavy atom. The fourth-order valence-corrected chi connectivity index (χ4v) is 1.35. The average molecular weight is 222 g/mol. The van der Waals surface area contributed by atoms with E-state index < -0.39 is 0 Å². The molecule has 0 N–H and O–H groups in total. The van der Waals surface area contributed by atoms with Gasteiger partial charge in [-0.1, -0.05) is 23.6 Å². The molecule has 1 aromatic rings. The summed E-state index contributed by atoms with van der Waals surface area (Å²) in [6.07, 6.45) is 0. The molecule has 0 saturated carbocycles. The molecular weight excluding hydrogens is 211 g/mol. The monoisotopic (exact) mass is 222 g/mol. The van der Waals surface area contributed by atoms with Crippen LogP contribution in [-0.4, -0.2) is 10.9 Å². The minimum Gasteiger partial charge on any atom is -0.288 e. The molecule has 0 aliphatic carbocycles. The zero-order valence-electron chi connectivity index (χ0n) is 8.63. The van der Waals surface area contributed by atoms with E-state index in [2.05, 4.69) is 11.8 Å². The van der Waals surface area contributed by atoms with Crippen molar-refractivity contribution in [2.75, 3.05) is 5.75 Å². The van der Waals surface area contributed by atoms with Crippen molar-refractivity contribution in [3.05, 3.63) is 35.1 Å². The van der Waals surface area contributed by atoms with Crippen molar-refractivity contribution in [2.24, 2.45) is 0 Å². The Morgan fingerprint density at radius 3 is 2.87 bits per heavy atom. The number of carbonyl (C=O) groups excluding carboxylic acids is 1. The zero-order valence-corrected chi connectivity index (χ0v) is 9.45. The Kier molecular flexibility index (Phi) is 4.38. The van der Waals surface area contributed by atoms with E-state index in [1.54, 1.807) is 19.1 Å². The number of hydrogen-bond acceptors (Lipinski definition) is 2. The van der Waals surface area contributed by atoms with E-state index in [0.29, 0.717) is 11.3 Å². The highest BCUT2D eigenvalue weighted by atomic mass is 32.2. The molecule has 0 radical (unpaired) electrons. The molecule has 0 spiro atoms. The molecule has 1 nitrogen and oxygen atoms in total. The van der Waals surface area contributed by atoms with Gasteiger partial charge in [-0.25, -0.2) is 4.39 Å². The van der Waals surface area contributed by atoms with Gasteiger partial charge in [-0.2, -0.15) is 0 Å². The second-order valence-corrected chi connectivity index (χ2v) is 4.20. The average Bonchev–Trinajstić information content (AvgIpc) is 2.18. The Bertz CT molecular complexity index is 429. The van der Waals surface area contributed by atoms with Crippen molar-refractivity contribution in [3.63, 3.8) is 0 Å². The van der Waals surface area contributed by atoms with Gasteiger partial charge in [0.25, 0.3) is 0 Å². The number of hydrogen-bond donors (Lipinski definition) is 0. The normalized spacial score (nSPS) is 9.27. The third kappa shape index (κ3) is 4.18. The number of halogens is 1. The van der Waals surface area contributed by atoms with Crippen LogP contribution in [0.3, 0.4) is 0 Å². The van der Waals surface area contributed by atoms with E-state index in [4.69, 9.17) is 0 Å². The standard InChI is InChI=1S/C12H11FOS/c1-9-8-11(5-6-12(9)13)4-3-7-15-10(2)14/h5-6,8H,7H2,1-2H3. The van der Waals surface area contributed by atoms with Crippen molar-refractivity contribution in [1.82, 2.24) is 0 Å². The van der Waals surface area contributed by atoms with E-state index in [-0.39, 0.29) is 10.9 Å². The lowest BCUT2D eigenvalue weighted by Gasteiger charge is -1.95. The summed E-state index contributed by atoms with van der Waals surface area (Å²) < 4.78 is 12.9. The first-order valence-corrected chi connectivity index (χ1v) is 5.46. The predicted molar refractivity (Wildman–Crippen MR) is 61.2 cm³/mol. The van der Waals surface area contributed by atoms with E-state index in [1.165, 1.54) is 24.8 Å². The minimum absolute atomic E-state index is 0.0552. The molecule has 0 heterocycles. The van der Waals surface area contributed by atoms with Crippen molar-refractivity contribution >= 4 is 16.9 Å². The molecule has 15 heavy (non-hydrogen) atoms. The van der Waals surface area contributed by atoms with Gasteiger partial charge in [-0.3, -0.25) is 4.79 Å². The van der Waals surface area contributed by atoms with E-state index >= 15 is 0 Å². The van der Waals surface area contributed by atoms with Gasteiger partial charge in [0, 0.05) is 12.5 Å². The topological polar surface area (TPSA) is 17.1 Å². The highest BCUT2D eigenvalue weighted by molar-refractivity contribution is 8.13. The maximum atomic E-state index is 12.9. The van der Waals surface area contributed by atoms with Crippen molar-refractivity contribution in [3.8, 4) is 11.8 Å². The summed E-state index contributed by atoms with van der Waals surface area (Å²) in [7, 11) is 0. The lowest BCUT2D eigenvalue weighted by atomic mass is 10.1. The van der Waals surface area contributed by atoms with Gasteiger partial charge in [0.05, 0.1) is 5.75 Å². The lowest BCUT2D eigenvalue weighted by Crippen LogP contribution is -1.85. The molecule has 78 valence electrons. The molecule has 1 rings (SSSR count). The summed E-state index contributed by atoms with van der Waals surface area (Å²) in [6.45, 7) is 3.21. The number of thioether (sulfide) groups is 1. The van der Waals surface area contributed by atoms with Gasteiger partial charge in [0.1, 0.15) is 5.82 Å². The van der Waals surface area contributed by atoms with Crippen LogP contribution in [0.25, 0.3) is 0 Å². The molecule has 0 atom stereocenters. The number of benzene rings is 1. The first kappa shape index (κ1) is 11.8. The molecule has 0 amide bonds. The van der Waals surface area contributed by atoms with Crippen LogP contribution in [0.2, 0.25) is 0 Å². The Labute approximate surface area is 93.1 Å². The number of aryl methyl sites for hydroxylation is 1. The van der Waals surface area contributed by atoms with Gasteiger partial charge in [-0.15, -0.1) is 0 Å². The summed E-state index contributed by atoms with van der Waals surface area (Å²) in [5, 5.41) is 0.0552. The molecule has 0 saturated heterocycles.